The number of aliphatic hydroxyl groups excluding tert-OH is 1. The predicted molar refractivity (Wildman–Crippen MR) is 79.3 cm³/mol. The average Bonchev–Trinajstić information content (AvgIpc) is 2.45. The minimum absolute atomic E-state index is 0.0754. The van der Waals surface area contributed by atoms with Crippen molar-refractivity contribution in [2.24, 2.45) is 5.41 Å². The van der Waals surface area contributed by atoms with Crippen LogP contribution >= 0.6 is 0 Å². The molecule has 0 saturated heterocycles. The molecule has 2 N–H and O–H groups in total. The molecule has 4 nitrogen and oxygen atoms in total. The first-order chi connectivity index (χ1) is 9.40. The molecule has 1 saturated carbocycles. The van der Waals surface area contributed by atoms with Crippen molar-refractivity contribution in [1.29, 1.82) is 0 Å². The van der Waals surface area contributed by atoms with Gasteiger partial charge in [0.25, 0.3) is 0 Å². The summed E-state index contributed by atoms with van der Waals surface area (Å²) < 4.78 is 10.7. The van der Waals surface area contributed by atoms with Crippen molar-refractivity contribution in [1.82, 2.24) is 5.32 Å². The van der Waals surface area contributed by atoms with Gasteiger partial charge in [0.15, 0.2) is 0 Å². The van der Waals surface area contributed by atoms with Gasteiger partial charge in [0.2, 0.25) is 0 Å². The molecule has 0 aromatic heterocycles. The molecule has 4 heteroatoms. The highest BCUT2D eigenvalue weighted by atomic mass is 16.5. The fourth-order valence-electron chi connectivity index (χ4n) is 2.75. The quantitative estimate of drug-likeness (QED) is 0.869. The monoisotopic (exact) mass is 279 g/mol. The first-order valence-corrected chi connectivity index (χ1v) is 7.06. The lowest BCUT2D eigenvalue weighted by Gasteiger charge is -2.50. The van der Waals surface area contributed by atoms with Crippen LogP contribution in [0.5, 0.6) is 11.5 Å². The van der Waals surface area contributed by atoms with Gasteiger partial charge >= 0.3 is 0 Å². The van der Waals surface area contributed by atoms with Crippen molar-refractivity contribution in [3.63, 3.8) is 0 Å². The molecule has 2 rings (SSSR count). The molecule has 0 heterocycles. The molecule has 1 aromatic rings. The highest BCUT2D eigenvalue weighted by Gasteiger charge is 2.47. The number of hydrogen-bond donors (Lipinski definition) is 2. The summed E-state index contributed by atoms with van der Waals surface area (Å²) in [7, 11) is 3.32. The second kappa shape index (κ2) is 5.62. The number of rotatable bonds is 5. The second-order valence-electron chi connectivity index (χ2n) is 6.12. The van der Waals surface area contributed by atoms with Crippen LogP contribution in [-0.2, 0) is 0 Å². The summed E-state index contributed by atoms with van der Waals surface area (Å²) in [6.07, 6.45) is 0.584. The van der Waals surface area contributed by atoms with E-state index in [2.05, 4.69) is 26.1 Å². The Hall–Kier alpha value is -1.26. The predicted octanol–water partition coefficient (Wildman–Crippen LogP) is 2.51. The van der Waals surface area contributed by atoms with Gasteiger partial charge in [0.05, 0.1) is 20.3 Å². The number of nitrogens with one attached hydrogen (secondary N) is 1. The molecule has 1 aliphatic carbocycles. The molecule has 1 aromatic carbocycles. The maximum atomic E-state index is 9.82. The summed E-state index contributed by atoms with van der Waals surface area (Å²) in [5.74, 6) is 1.61. The smallest absolute Gasteiger partial charge is 0.127 e. The average molecular weight is 279 g/mol. The molecular weight excluding hydrogens is 254 g/mol. The third-order valence-electron chi connectivity index (χ3n) is 4.57. The van der Waals surface area contributed by atoms with Crippen LogP contribution < -0.4 is 14.8 Å². The molecule has 1 aliphatic rings. The molecule has 0 aliphatic heterocycles. The standard InChI is InChI=1S/C16H25NO3/c1-10(17-14-9-15(18)16(14,2)3)12-7-6-11(19-4)8-13(12)20-5/h6-8,10,14-15,17-18H,9H2,1-5H3. The number of benzene rings is 1. The number of methoxy groups -OCH3 is 2. The van der Waals surface area contributed by atoms with E-state index in [-0.39, 0.29) is 17.6 Å². The highest BCUT2D eigenvalue weighted by Crippen LogP contribution is 2.42. The molecule has 3 unspecified atom stereocenters. The van der Waals surface area contributed by atoms with Crippen LogP contribution in [0.4, 0.5) is 0 Å². The molecule has 112 valence electrons. The Morgan fingerprint density at radius 1 is 1.30 bits per heavy atom. The normalized spacial score (nSPS) is 25.7. The number of hydrogen-bond acceptors (Lipinski definition) is 4. The van der Waals surface area contributed by atoms with Crippen molar-refractivity contribution in [2.45, 2.75) is 45.4 Å². The van der Waals surface area contributed by atoms with E-state index in [1.165, 1.54) is 0 Å². The minimum Gasteiger partial charge on any atom is -0.497 e. The SMILES string of the molecule is COc1ccc(C(C)NC2CC(O)C2(C)C)c(OC)c1. The summed E-state index contributed by atoms with van der Waals surface area (Å²) in [6, 6.07) is 6.34. The van der Waals surface area contributed by atoms with E-state index in [4.69, 9.17) is 9.47 Å². The zero-order valence-corrected chi connectivity index (χ0v) is 12.9. The van der Waals surface area contributed by atoms with E-state index in [0.717, 1.165) is 23.5 Å². The van der Waals surface area contributed by atoms with Crippen LogP contribution in [0.1, 0.15) is 38.8 Å². The first kappa shape index (κ1) is 15.1. The van der Waals surface area contributed by atoms with Gasteiger partial charge in [-0.2, -0.15) is 0 Å². The fraction of sp³-hybridized carbons (Fsp3) is 0.625. The molecule has 20 heavy (non-hydrogen) atoms. The molecule has 0 amide bonds. The summed E-state index contributed by atoms with van der Waals surface area (Å²) in [5.41, 5.74) is 1.03. The Balaban J connectivity index is 2.11. The van der Waals surface area contributed by atoms with E-state index < -0.39 is 0 Å². The van der Waals surface area contributed by atoms with E-state index in [9.17, 15) is 5.11 Å². The van der Waals surface area contributed by atoms with Gasteiger partial charge in [-0.05, 0) is 19.4 Å². The highest BCUT2D eigenvalue weighted by molar-refractivity contribution is 5.42. The van der Waals surface area contributed by atoms with Crippen molar-refractivity contribution in [3.05, 3.63) is 23.8 Å². The van der Waals surface area contributed by atoms with Crippen LogP contribution in [0, 0.1) is 5.41 Å². The third kappa shape index (κ3) is 2.63. The zero-order chi connectivity index (χ0) is 14.9. The van der Waals surface area contributed by atoms with Gasteiger partial charge in [-0.1, -0.05) is 19.9 Å². The third-order valence-corrected chi connectivity index (χ3v) is 4.57. The van der Waals surface area contributed by atoms with Gasteiger partial charge in [-0.3, -0.25) is 0 Å². The Morgan fingerprint density at radius 2 is 2.00 bits per heavy atom. The molecule has 0 radical (unpaired) electrons. The van der Waals surface area contributed by atoms with Crippen molar-refractivity contribution in [2.75, 3.05) is 14.2 Å². The molecule has 0 bridgehead atoms. The van der Waals surface area contributed by atoms with Gasteiger partial charge in [0, 0.05) is 29.1 Å². The zero-order valence-electron chi connectivity index (χ0n) is 12.9. The Bertz CT molecular complexity index is 473. The molecular formula is C16H25NO3. The van der Waals surface area contributed by atoms with E-state index in [0.29, 0.717) is 6.04 Å². The molecule has 3 atom stereocenters. The van der Waals surface area contributed by atoms with E-state index >= 15 is 0 Å². The topological polar surface area (TPSA) is 50.7 Å². The van der Waals surface area contributed by atoms with Gasteiger partial charge in [-0.25, -0.2) is 0 Å². The van der Waals surface area contributed by atoms with Crippen molar-refractivity contribution < 1.29 is 14.6 Å². The van der Waals surface area contributed by atoms with Gasteiger partial charge in [-0.15, -0.1) is 0 Å². The van der Waals surface area contributed by atoms with Crippen molar-refractivity contribution in [3.8, 4) is 11.5 Å². The maximum absolute atomic E-state index is 9.82. The Kier molecular flexibility index (Phi) is 4.25. The Labute approximate surface area is 121 Å². The summed E-state index contributed by atoms with van der Waals surface area (Å²) in [5, 5.41) is 13.4. The van der Waals surface area contributed by atoms with E-state index in [1.807, 2.05) is 18.2 Å². The Morgan fingerprint density at radius 3 is 2.50 bits per heavy atom. The van der Waals surface area contributed by atoms with Gasteiger partial charge in [0.1, 0.15) is 11.5 Å². The molecule has 1 fully saturated rings. The summed E-state index contributed by atoms with van der Waals surface area (Å²) in [4.78, 5) is 0. The minimum atomic E-state index is -0.218. The second-order valence-corrected chi connectivity index (χ2v) is 6.12. The van der Waals surface area contributed by atoms with Gasteiger partial charge < -0.3 is 19.9 Å². The molecule has 0 spiro atoms. The summed E-state index contributed by atoms with van der Waals surface area (Å²) >= 11 is 0. The number of ether oxygens (including phenoxy) is 2. The number of aliphatic hydroxyl groups is 1. The van der Waals surface area contributed by atoms with Crippen LogP contribution in [-0.4, -0.2) is 31.5 Å². The lowest BCUT2D eigenvalue weighted by Crippen LogP contribution is -2.60. The van der Waals surface area contributed by atoms with E-state index in [1.54, 1.807) is 14.2 Å². The lowest BCUT2D eigenvalue weighted by molar-refractivity contribution is -0.0755. The maximum Gasteiger partial charge on any atom is 0.127 e. The van der Waals surface area contributed by atoms with Crippen molar-refractivity contribution >= 4 is 0 Å². The van der Waals surface area contributed by atoms with Crippen LogP contribution in [0.2, 0.25) is 0 Å². The lowest BCUT2D eigenvalue weighted by atomic mass is 9.64. The van der Waals surface area contributed by atoms with Crippen LogP contribution in [0.15, 0.2) is 18.2 Å². The first-order valence-electron chi connectivity index (χ1n) is 7.06. The van der Waals surface area contributed by atoms with Crippen LogP contribution in [0.3, 0.4) is 0 Å². The summed E-state index contributed by atoms with van der Waals surface area (Å²) in [6.45, 7) is 6.30. The fourth-order valence-corrected chi connectivity index (χ4v) is 2.75. The largest absolute Gasteiger partial charge is 0.497 e. The van der Waals surface area contributed by atoms with Crippen LogP contribution in [0.25, 0.3) is 0 Å².